The van der Waals surface area contributed by atoms with Gasteiger partial charge in [-0.3, -0.25) is 4.79 Å². The second-order valence-electron chi connectivity index (χ2n) is 9.10. The Morgan fingerprint density at radius 2 is 2.08 bits per heavy atom. The van der Waals surface area contributed by atoms with Gasteiger partial charge in [-0.15, -0.1) is 0 Å². The van der Waals surface area contributed by atoms with Gasteiger partial charge in [0, 0.05) is 24.4 Å². The molecule has 2 N–H and O–H groups in total. The van der Waals surface area contributed by atoms with Crippen LogP contribution in [-0.2, 0) is 4.79 Å². The molecule has 10 heteroatoms. The lowest BCUT2D eigenvalue weighted by Crippen LogP contribution is -2.43. The Morgan fingerprint density at radius 1 is 1.18 bits per heavy atom. The first kappa shape index (κ1) is 23.7. The minimum atomic E-state index is -0.215. The molecule has 1 atom stereocenters. The maximum Gasteiger partial charge on any atom is 0.246 e. The van der Waals surface area contributed by atoms with Crippen molar-refractivity contribution in [3.63, 3.8) is 0 Å². The van der Waals surface area contributed by atoms with E-state index in [4.69, 9.17) is 18.9 Å². The third kappa shape index (κ3) is 4.56. The fourth-order valence-electron chi connectivity index (χ4n) is 4.78. The van der Waals surface area contributed by atoms with E-state index in [0.29, 0.717) is 41.9 Å². The molecule has 0 aliphatic carbocycles. The Balaban J connectivity index is 1.19. The maximum absolute atomic E-state index is 12.9. The first-order valence-corrected chi connectivity index (χ1v) is 12.3. The van der Waals surface area contributed by atoms with Crippen LogP contribution >= 0.6 is 0 Å². The van der Waals surface area contributed by atoms with E-state index >= 15 is 0 Å². The zero-order valence-corrected chi connectivity index (χ0v) is 20.7. The molecule has 2 aromatic carbocycles. The number of fused-ring (bicyclic) bond motifs is 2. The molecule has 0 saturated carbocycles. The molecule has 0 radical (unpaired) electrons. The Kier molecular flexibility index (Phi) is 6.20. The van der Waals surface area contributed by atoms with Crippen LogP contribution in [0.2, 0.25) is 0 Å². The first-order chi connectivity index (χ1) is 18.6. The van der Waals surface area contributed by atoms with Crippen molar-refractivity contribution in [1.82, 2.24) is 19.9 Å². The topological polar surface area (TPSA) is 119 Å². The lowest BCUT2D eigenvalue weighted by Gasteiger charge is -2.32. The van der Waals surface area contributed by atoms with Crippen LogP contribution in [0.1, 0.15) is 18.4 Å². The number of nitrogens with one attached hydrogen (secondary N) is 1. The predicted molar refractivity (Wildman–Crippen MR) is 139 cm³/mol. The van der Waals surface area contributed by atoms with Crippen molar-refractivity contribution < 1.29 is 28.8 Å². The number of likely N-dealkylation sites (tertiary alicyclic amines) is 1. The predicted octanol–water partition coefficient (Wildman–Crippen LogP) is 4.15. The van der Waals surface area contributed by atoms with Gasteiger partial charge in [0.1, 0.15) is 18.1 Å². The third-order valence-electron chi connectivity index (χ3n) is 6.71. The number of ether oxygens (including phenoxy) is 4. The molecule has 2 aliphatic heterocycles. The largest absolute Gasteiger partial charge is 0.504 e. The molecule has 0 unspecified atom stereocenters. The number of amides is 1. The molecule has 10 nitrogen and oxygen atoms in total. The van der Waals surface area contributed by atoms with E-state index < -0.39 is 0 Å². The van der Waals surface area contributed by atoms with Gasteiger partial charge in [0.15, 0.2) is 23.0 Å². The van der Waals surface area contributed by atoms with E-state index in [0.717, 1.165) is 34.9 Å². The summed E-state index contributed by atoms with van der Waals surface area (Å²) in [4.78, 5) is 26.7. The number of hydrogen-bond acceptors (Lipinski definition) is 8. The second kappa shape index (κ2) is 9.97. The normalized spacial score (nSPS) is 16.8. The molecule has 6 rings (SSSR count). The lowest BCUT2D eigenvalue weighted by atomic mass is 10.1. The average molecular weight is 515 g/mol. The fraction of sp³-hybridized carbons (Fsp3) is 0.250. The number of carbonyl (C=O) groups excluding carboxylic acids is 1. The number of hydrogen-bond donors (Lipinski definition) is 2. The molecule has 0 bridgehead atoms. The lowest BCUT2D eigenvalue weighted by molar-refractivity contribution is -0.128. The van der Waals surface area contributed by atoms with Crippen molar-refractivity contribution in [2.45, 2.75) is 18.9 Å². The Labute approximate surface area is 218 Å². The molecule has 1 fully saturated rings. The van der Waals surface area contributed by atoms with Crippen LogP contribution in [-0.4, -0.2) is 64.0 Å². The third-order valence-corrected chi connectivity index (χ3v) is 6.71. The van der Waals surface area contributed by atoms with Crippen molar-refractivity contribution in [3.05, 3.63) is 60.6 Å². The van der Waals surface area contributed by atoms with E-state index in [1.165, 1.54) is 25.6 Å². The number of phenolic OH excluding ortho intramolecular Hbond substituents is 1. The van der Waals surface area contributed by atoms with Crippen LogP contribution < -0.4 is 18.9 Å². The van der Waals surface area contributed by atoms with Gasteiger partial charge >= 0.3 is 0 Å². The van der Waals surface area contributed by atoms with Crippen molar-refractivity contribution in [3.8, 4) is 40.0 Å². The molecular formula is C28H26N4O6. The van der Waals surface area contributed by atoms with Gasteiger partial charge in [-0.25, -0.2) is 9.97 Å². The summed E-state index contributed by atoms with van der Waals surface area (Å²) in [6.07, 6.45) is 7.99. The van der Waals surface area contributed by atoms with Gasteiger partial charge in [-0.1, -0.05) is 12.1 Å². The van der Waals surface area contributed by atoms with Crippen molar-refractivity contribution >= 4 is 23.0 Å². The zero-order valence-electron chi connectivity index (χ0n) is 20.7. The highest BCUT2D eigenvalue weighted by Crippen LogP contribution is 2.40. The highest BCUT2D eigenvalue weighted by Gasteiger charge is 2.26. The summed E-state index contributed by atoms with van der Waals surface area (Å²) >= 11 is 0. The number of methoxy groups -OCH3 is 1. The van der Waals surface area contributed by atoms with E-state index in [-0.39, 0.29) is 24.6 Å². The number of benzene rings is 2. The summed E-state index contributed by atoms with van der Waals surface area (Å²) < 4.78 is 22.5. The van der Waals surface area contributed by atoms with Crippen molar-refractivity contribution in [1.29, 1.82) is 0 Å². The molecule has 38 heavy (non-hydrogen) atoms. The summed E-state index contributed by atoms with van der Waals surface area (Å²) in [6.45, 7) is 1.30. The van der Waals surface area contributed by atoms with Gasteiger partial charge in [-0.2, -0.15) is 0 Å². The highest BCUT2D eigenvalue weighted by molar-refractivity contribution is 5.97. The molecule has 1 saturated heterocycles. The molecular weight excluding hydrogens is 488 g/mol. The number of phenols is 1. The number of carbonyl (C=O) groups is 1. The second-order valence-corrected chi connectivity index (χ2v) is 9.10. The Morgan fingerprint density at radius 3 is 2.97 bits per heavy atom. The summed E-state index contributed by atoms with van der Waals surface area (Å²) in [5.74, 6) is 2.17. The number of aromatic amines is 1. The smallest absolute Gasteiger partial charge is 0.246 e. The summed E-state index contributed by atoms with van der Waals surface area (Å²) in [5, 5.41) is 10.6. The van der Waals surface area contributed by atoms with Gasteiger partial charge < -0.3 is 33.9 Å². The molecule has 1 amide bonds. The quantitative estimate of drug-likeness (QED) is 0.369. The molecule has 2 aromatic heterocycles. The average Bonchev–Trinajstić information content (AvgIpc) is 3.60. The monoisotopic (exact) mass is 514 g/mol. The Bertz CT molecular complexity index is 1530. The fourth-order valence-corrected chi connectivity index (χ4v) is 4.78. The minimum Gasteiger partial charge on any atom is -0.504 e. The molecule has 4 aromatic rings. The standard InChI is InChI=1S/C28H26N4O6/c1-35-23-11-17(4-7-21(23)33)5-9-25(34)32-10-2-3-19(14-32)38-28-26-20(13-29-27(26)30-15-31-28)18-6-8-22-24(12-18)37-16-36-22/h4-9,11-13,15,19,33H,2-3,10,14,16H2,1H3,(H,29,30,31)/b9-5+/t19-/m1/s1. The highest BCUT2D eigenvalue weighted by atomic mass is 16.7. The molecule has 2 aliphatic rings. The van der Waals surface area contributed by atoms with E-state index in [1.54, 1.807) is 23.1 Å². The van der Waals surface area contributed by atoms with Gasteiger partial charge in [0.2, 0.25) is 18.6 Å². The zero-order chi connectivity index (χ0) is 26.1. The number of nitrogens with zero attached hydrogens (tertiary/aromatic N) is 3. The van der Waals surface area contributed by atoms with Crippen LogP contribution in [0.25, 0.3) is 28.2 Å². The van der Waals surface area contributed by atoms with Gasteiger partial charge in [0.05, 0.1) is 19.0 Å². The summed E-state index contributed by atoms with van der Waals surface area (Å²) in [5.41, 5.74) is 3.24. The van der Waals surface area contributed by atoms with Crippen LogP contribution in [0, 0.1) is 0 Å². The van der Waals surface area contributed by atoms with Crippen molar-refractivity contribution in [2.75, 3.05) is 27.0 Å². The maximum atomic E-state index is 12.9. The SMILES string of the molecule is COc1cc(/C=C/C(=O)N2CCC[C@@H](Oc3ncnc4[nH]cc(-c5ccc6c(c5)OCO6)c34)C2)ccc1O. The Hall–Kier alpha value is -4.73. The minimum absolute atomic E-state index is 0.0509. The molecule has 4 heterocycles. The van der Waals surface area contributed by atoms with E-state index in [1.807, 2.05) is 24.4 Å². The summed E-state index contributed by atoms with van der Waals surface area (Å²) in [7, 11) is 1.48. The summed E-state index contributed by atoms with van der Waals surface area (Å²) in [6, 6.07) is 10.7. The number of aromatic hydroxyl groups is 1. The van der Waals surface area contributed by atoms with Crippen LogP contribution in [0.15, 0.2) is 55.0 Å². The van der Waals surface area contributed by atoms with E-state index in [2.05, 4.69) is 15.0 Å². The van der Waals surface area contributed by atoms with Gasteiger partial charge in [-0.05, 0) is 54.3 Å². The number of H-pyrrole nitrogens is 1. The number of aromatic nitrogens is 3. The number of piperidine rings is 1. The van der Waals surface area contributed by atoms with Crippen LogP contribution in [0.3, 0.4) is 0 Å². The van der Waals surface area contributed by atoms with Crippen molar-refractivity contribution in [2.24, 2.45) is 0 Å². The van der Waals surface area contributed by atoms with Crippen LogP contribution in [0.5, 0.6) is 28.9 Å². The van der Waals surface area contributed by atoms with Gasteiger partial charge in [0.25, 0.3) is 0 Å². The number of rotatable bonds is 6. The molecule has 194 valence electrons. The first-order valence-electron chi connectivity index (χ1n) is 12.3. The van der Waals surface area contributed by atoms with Crippen LogP contribution in [0.4, 0.5) is 0 Å². The molecule has 0 spiro atoms. The van der Waals surface area contributed by atoms with E-state index in [9.17, 15) is 9.90 Å².